The molecule has 3 N–H and O–H groups in total. The minimum absolute atomic E-state index is 0.101. The Bertz CT molecular complexity index is 913. The Hall–Kier alpha value is -2.91. The summed E-state index contributed by atoms with van der Waals surface area (Å²) in [5, 5.41) is 7.63. The number of rotatable bonds is 8. The third kappa shape index (κ3) is 5.80. The molecule has 0 fully saturated rings. The van der Waals surface area contributed by atoms with Crippen LogP contribution < -0.4 is 16.0 Å². The molecule has 0 aliphatic rings. The van der Waals surface area contributed by atoms with E-state index in [2.05, 4.69) is 16.0 Å². The van der Waals surface area contributed by atoms with Crippen LogP contribution in [-0.4, -0.2) is 44.3 Å². The van der Waals surface area contributed by atoms with Crippen LogP contribution in [0.2, 0.25) is 0 Å². The molecule has 28 heavy (non-hydrogen) atoms. The van der Waals surface area contributed by atoms with Crippen molar-refractivity contribution < 1.29 is 18.0 Å². The van der Waals surface area contributed by atoms with Crippen LogP contribution in [0.25, 0.3) is 0 Å². The summed E-state index contributed by atoms with van der Waals surface area (Å²) in [6.45, 7) is 3.98. The van der Waals surface area contributed by atoms with Crippen LogP contribution in [0.4, 0.5) is 16.2 Å². The van der Waals surface area contributed by atoms with E-state index < -0.39 is 22.0 Å². The zero-order valence-electron chi connectivity index (χ0n) is 15.8. The van der Waals surface area contributed by atoms with Crippen molar-refractivity contribution in [3.05, 3.63) is 54.6 Å². The number of carbonyl (C=O) groups excluding carboxylic acids is 2. The lowest BCUT2D eigenvalue weighted by Gasteiger charge is -2.18. The maximum atomic E-state index is 12.6. The first-order valence-electron chi connectivity index (χ1n) is 8.86. The summed E-state index contributed by atoms with van der Waals surface area (Å²) in [4.78, 5) is 24.0. The number of sulfonamides is 1. The van der Waals surface area contributed by atoms with Gasteiger partial charge in [-0.3, -0.25) is 4.79 Å². The van der Waals surface area contributed by atoms with Gasteiger partial charge < -0.3 is 16.0 Å². The summed E-state index contributed by atoms with van der Waals surface area (Å²) in [7, 11) is -3.62. The molecule has 0 saturated heterocycles. The van der Waals surface area contributed by atoms with Gasteiger partial charge in [0.1, 0.15) is 0 Å². The van der Waals surface area contributed by atoms with Gasteiger partial charge in [-0.2, -0.15) is 4.31 Å². The fourth-order valence-electron chi connectivity index (χ4n) is 2.51. The normalized spacial score (nSPS) is 11.1. The van der Waals surface area contributed by atoms with E-state index in [1.807, 2.05) is 6.07 Å². The standard InChI is InChI=1S/C19H24N4O4S/c1-3-23(4-2)28(26,27)17-12-8-11-16(13-17)21-18(24)14-20-19(25)22-15-9-6-5-7-10-15/h5-13H,3-4,14H2,1-2H3,(H,21,24)(H2,20,22,25). The van der Waals surface area contributed by atoms with Crippen molar-refractivity contribution >= 4 is 33.3 Å². The number of hydrogen-bond donors (Lipinski definition) is 3. The lowest BCUT2D eigenvalue weighted by molar-refractivity contribution is -0.115. The number of hydrogen-bond acceptors (Lipinski definition) is 4. The maximum absolute atomic E-state index is 12.6. The largest absolute Gasteiger partial charge is 0.329 e. The second-order valence-corrected chi connectivity index (χ2v) is 7.78. The van der Waals surface area contributed by atoms with Crippen LogP contribution in [0.5, 0.6) is 0 Å². The highest BCUT2D eigenvalue weighted by atomic mass is 32.2. The van der Waals surface area contributed by atoms with Gasteiger partial charge >= 0.3 is 6.03 Å². The molecule has 0 aliphatic carbocycles. The predicted molar refractivity (Wildman–Crippen MR) is 109 cm³/mol. The van der Waals surface area contributed by atoms with Gasteiger partial charge in [-0.1, -0.05) is 38.1 Å². The van der Waals surface area contributed by atoms with Gasteiger partial charge in [0.25, 0.3) is 0 Å². The monoisotopic (exact) mass is 404 g/mol. The van der Waals surface area contributed by atoms with Crippen molar-refractivity contribution in [1.29, 1.82) is 0 Å². The second kappa shape index (κ2) is 9.86. The van der Waals surface area contributed by atoms with Crippen molar-refractivity contribution in [3.63, 3.8) is 0 Å². The number of carbonyl (C=O) groups is 2. The van der Waals surface area contributed by atoms with Gasteiger partial charge in [0.05, 0.1) is 11.4 Å². The number of anilines is 2. The van der Waals surface area contributed by atoms with Crippen molar-refractivity contribution in [3.8, 4) is 0 Å². The molecule has 2 rings (SSSR count). The van der Waals surface area contributed by atoms with E-state index >= 15 is 0 Å². The number of amides is 3. The van der Waals surface area contributed by atoms with Gasteiger partial charge in [-0.25, -0.2) is 13.2 Å². The van der Waals surface area contributed by atoms with Crippen LogP contribution in [-0.2, 0) is 14.8 Å². The molecule has 0 heterocycles. The molecule has 0 aromatic heterocycles. The van der Waals surface area contributed by atoms with Crippen LogP contribution in [0.3, 0.4) is 0 Å². The molecule has 3 amide bonds. The molecule has 0 bridgehead atoms. The molecular weight excluding hydrogens is 380 g/mol. The van der Waals surface area contributed by atoms with Crippen LogP contribution >= 0.6 is 0 Å². The summed E-state index contributed by atoms with van der Waals surface area (Å²) in [5.41, 5.74) is 0.943. The lowest BCUT2D eigenvalue weighted by atomic mass is 10.3. The molecule has 2 aromatic rings. The van der Waals surface area contributed by atoms with E-state index in [1.165, 1.54) is 16.4 Å². The third-order valence-electron chi connectivity index (χ3n) is 3.90. The van der Waals surface area contributed by atoms with Crippen molar-refractivity contribution in [2.45, 2.75) is 18.7 Å². The number of urea groups is 1. The molecule has 0 spiro atoms. The van der Waals surface area contributed by atoms with Crippen LogP contribution in [0.1, 0.15) is 13.8 Å². The van der Waals surface area contributed by atoms with E-state index in [4.69, 9.17) is 0 Å². The summed E-state index contributed by atoms with van der Waals surface area (Å²) >= 11 is 0. The van der Waals surface area contributed by atoms with Gasteiger partial charge in [0, 0.05) is 24.5 Å². The summed E-state index contributed by atoms with van der Waals surface area (Å²) in [5.74, 6) is -0.472. The van der Waals surface area contributed by atoms with E-state index in [0.717, 1.165) is 0 Å². The first kappa shape index (κ1) is 21.4. The molecular formula is C19H24N4O4S. The minimum atomic E-state index is -3.62. The Labute approximate surface area is 165 Å². The molecule has 0 unspecified atom stereocenters. The SMILES string of the molecule is CCN(CC)S(=O)(=O)c1cccc(NC(=O)CNC(=O)Nc2ccccc2)c1. The highest BCUT2D eigenvalue weighted by molar-refractivity contribution is 7.89. The minimum Gasteiger partial charge on any atom is -0.329 e. The predicted octanol–water partition coefficient (Wildman–Crippen LogP) is 2.48. The number of benzene rings is 2. The number of para-hydroxylation sites is 1. The average Bonchev–Trinajstić information content (AvgIpc) is 2.68. The van der Waals surface area contributed by atoms with Crippen molar-refractivity contribution in [2.24, 2.45) is 0 Å². The Kier molecular flexibility index (Phi) is 7.53. The summed E-state index contributed by atoms with van der Waals surface area (Å²) in [6.07, 6.45) is 0. The number of nitrogens with one attached hydrogen (secondary N) is 3. The smallest absolute Gasteiger partial charge is 0.319 e. The van der Waals surface area contributed by atoms with Crippen molar-refractivity contribution in [2.75, 3.05) is 30.3 Å². The summed E-state index contributed by atoms with van der Waals surface area (Å²) in [6, 6.07) is 14.3. The van der Waals surface area contributed by atoms with E-state index in [9.17, 15) is 18.0 Å². The molecule has 0 atom stereocenters. The molecule has 0 saturated carbocycles. The zero-order valence-corrected chi connectivity index (χ0v) is 16.6. The summed E-state index contributed by atoms with van der Waals surface area (Å²) < 4.78 is 26.5. The molecule has 8 nitrogen and oxygen atoms in total. The van der Waals surface area contributed by atoms with Gasteiger partial charge in [-0.15, -0.1) is 0 Å². The van der Waals surface area contributed by atoms with Gasteiger partial charge in [-0.05, 0) is 30.3 Å². The van der Waals surface area contributed by atoms with Gasteiger partial charge in [0.2, 0.25) is 15.9 Å². The van der Waals surface area contributed by atoms with E-state index in [1.54, 1.807) is 50.2 Å². The van der Waals surface area contributed by atoms with E-state index in [0.29, 0.717) is 24.5 Å². The fraction of sp³-hybridized carbons (Fsp3) is 0.263. The third-order valence-corrected chi connectivity index (χ3v) is 5.95. The van der Waals surface area contributed by atoms with Crippen LogP contribution in [0.15, 0.2) is 59.5 Å². The molecule has 0 aliphatic heterocycles. The Balaban J connectivity index is 1.94. The Morgan fingerprint density at radius 1 is 0.893 bits per heavy atom. The van der Waals surface area contributed by atoms with Crippen LogP contribution in [0, 0.1) is 0 Å². The molecule has 9 heteroatoms. The highest BCUT2D eigenvalue weighted by Crippen LogP contribution is 2.19. The topological polar surface area (TPSA) is 108 Å². The quantitative estimate of drug-likeness (QED) is 0.628. The van der Waals surface area contributed by atoms with Crippen molar-refractivity contribution in [1.82, 2.24) is 9.62 Å². The zero-order chi connectivity index (χ0) is 20.6. The lowest BCUT2D eigenvalue weighted by Crippen LogP contribution is -2.35. The van der Waals surface area contributed by atoms with E-state index in [-0.39, 0.29) is 11.4 Å². The molecule has 2 aromatic carbocycles. The highest BCUT2D eigenvalue weighted by Gasteiger charge is 2.21. The maximum Gasteiger partial charge on any atom is 0.319 e. The molecule has 150 valence electrons. The second-order valence-electron chi connectivity index (χ2n) is 5.84. The Morgan fingerprint density at radius 3 is 2.18 bits per heavy atom. The Morgan fingerprint density at radius 2 is 1.54 bits per heavy atom. The first-order chi connectivity index (χ1) is 13.4. The van der Waals surface area contributed by atoms with Gasteiger partial charge in [0.15, 0.2) is 0 Å². The average molecular weight is 404 g/mol. The number of nitrogens with zero attached hydrogens (tertiary/aromatic N) is 1. The first-order valence-corrected chi connectivity index (χ1v) is 10.3. The fourth-order valence-corrected chi connectivity index (χ4v) is 4.01. The molecule has 0 radical (unpaired) electrons.